The predicted octanol–water partition coefficient (Wildman–Crippen LogP) is 4.20. The van der Waals surface area contributed by atoms with Gasteiger partial charge in [-0.15, -0.1) is 0 Å². The lowest BCUT2D eigenvalue weighted by molar-refractivity contribution is 0.0628. The molecule has 0 aliphatic carbocycles. The first kappa shape index (κ1) is 20.9. The summed E-state index contributed by atoms with van der Waals surface area (Å²) in [4.78, 5) is 19.9. The van der Waals surface area contributed by atoms with E-state index in [-0.39, 0.29) is 5.91 Å². The van der Waals surface area contributed by atoms with Crippen LogP contribution in [0.2, 0.25) is 0 Å². The summed E-state index contributed by atoms with van der Waals surface area (Å²) in [6.45, 7) is 7.42. The van der Waals surface area contributed by atoms with Crippen molar-refractivity contribution in [2.45, 2.75) is 26.1 Å². The Hall–Kier alpha value is -2.95. The van der Waals surface area contributed by atoms with E-state index in [1.165, 1.54) is 22.3 Å². The van der Waals surface area contributed by atoms with Crippen molar-refractivity contribution in [1.82, 2.24) is 14.7 Å². The van der Waals surface area contributed by atoms with E-state index in [1.54, 1.807) is 0 Å². The Balaban J connectivity index is 1.13. The number of nitrogens with zero attached hydrogens (tertiary/aromatic N) is 3. The molecule has 0 radical (unpaired) electrons. The van der Waals surface area contributed by atoms with E-state index in [1.807, 2.05) is 17.0 Å². The fraction of sp³-hybridized carbons (Fsp3) is 0.321. The van der Waals surface area contributed by atoms with E-state index >= 15 is 0 Å². The molecule has 0 saturated carbocycles. The Labute approximate surface area is 191 Å². The topological polar surface area (TPSA) is 26.8 Å². The molecule has 164 valence electrons. The van der Waals surface area contributed by atoms with Crippen molar-refractivity contribution >= 4 is 5.91 Å². The van der Waals surface area contributed by atoms with E-state index in [2.05, 4.69) is 76.5 Å². The number of benzene rings is 3. The minimum absolute atomic E-state index is 0.155. The van der Waals surface area contributed by atoms with Gasteiger partial charge in [0.25, 0.3) is 5.91 Å². The number of carbonyl (C=O) groups is 1. The Kier molecular flexibility index (Phi) is 6.33. The highest BCUT2D eigenvalue weighted by Crippen LogP contribution is 2.21. The minimum atomic E-state index is 0.155. The third-order valence-corrected chi connectivity index (χ3v) is 6.73. The molecule has 3 aromatic carbocycles. The zero-order valence-corrected chi connectivity index (χ0v) is 18.6. The van der Waals surface area contributed by atoms with E-state index in [9.17, 15) is 4.79 Å². The molecule has 0 spiro atoms. The van der Waals surface area contributed by atoms with Crippen LogP contribution in [0, 0.1) is 0 Å². The second kappa shape index (κ2) is 9.68. The van der Waals surface area contributed by atoms with Gasteiger partial charge in [-0.05, 0) is 40.8 Å². The molecular formula is C28H31N3O. The van der Waals surface area contributed by atoms with Gasteiger partial charge in [-0.25, -0.2) is 0 Å². The van der Waals surface area contributed by atoms with E-state index in [4.69, 9.17) is 0 Å². The second-order valence-electron chi connectivity index (χ2n) is 8.98. The van der Waals surface area contributed by atoms with Crippen molar-refractivity contribution in [1.29, 1.82) is 0 Å². The zero-order valence-electron chi connectivity index (χ0n) is 18.6. The number of carbonyl (C=O) groups excluding carboxylic acids is 1. The third-order valence-electron chi connectivity index (χ3n) is 6.73. The van der Waals surface area contributed by atoms with E-state index in [0.29, 0.717) is 0 Å². The molecule has 1 amide bonds. The summed E-state index contributed by atoms with van der Waals surface area (Å²) in [6, 6.07) is 27.6. The lowest BCUT2D eigenvalue weighted by atomic mass is 9.99. The Morgan fingerprint density at radius 1 is 0.625 bits per heavy atom. The van der Waals surface area contributed by atoms with Gasteiger partial charge < -0.3 is 4.90 Å². The number of hydrogen-bond acceptors (Lipinski definition) is 3. The highest BCUT2D eigenvalue weighted by molar-refractivity contribution is 5.94. The van der Waals surface area contributed by atoms with Crippen LogP contribution in [0.25, 0.3) is 0 Å². The van der Waals surface area contributed by atoms with Crippen LogP contribution in [0.15, 0.2) is 78.9 Å². The summed E-state index contributed by atoms with van der Waals surface area (Å²) >= 11 is 0. The Morgan fingerprint density at radius 3 is 2.00 bits per heavy atom. The fourth-order valence-corrected chi connectivity index (χ4v) is 4.83. The van der Waals surface area contributed by atoms with E-state index < -0.39 is 0 Å². The van der Waals surface area contributed by atoms with Crippen LogP contribution >= 0.6 is 0 Å². The van der Waals surface area contributed by atoms with Crippen LogP contribution in [0.1, 0.15) is 32.6 Å². The first-order valence-electron chi connectivity index (χ1n) is 11.7. The third kappa shape index (κ3) is 4.93. The van der Waals surface area contributed by atoms with Crippen LogP contribution in [0.4, 0.5) is 0 Å². The van der Waals surface area contributed by atoms with Gasteiger partial charge in [0.15, 0.2) is 0 Å². The van der Waals surface area contributed by atoms with Crippen molar-refractivity contribution < 1.29 is 4.79 Å². The van der Waals surface area contributed by atoms with Gasteiger partial charge in [0.1, 0.15) is 0 Å². The summed E-state index contributed by atoms with van der Waals surface area (Å²) in [5, 5.41) is 0. The molecule has 2 aliphatic rings. The van der Waals surface area contributed by atoms with Crippen LogP contribution in [0.5, 0.6) is 0 Å². The van der Waals surface area contributed by atoms with Crippen molar-refractivity contribution in [3.05, 3.63) is 107 Å². The van der Waals surface area contributed by atoms with Gasteiger partial charge in [-0.1, -0.05) is 66.7 Å². The molecule has 1 fully saturated rings. The first-order chi connectivity index (χ1) is 15.7. The molecule has 4 nitrogen and oxygen atoms in total. The maximum Gasteiger partial charge on any atom is 0.253 e. The number of amides is 1. The monoisotopic (exact) mass is 425 g/mol. The zero-order chi connectivity index (χ0) is 21.8. The van der Waals surface area contributed by atoms with Gasteiger partial charge >= 0.3 is 0 Å². The van der Waals surface area contributed by atoms with Crippen LogP contribution in [-0.2, 0) is 26.1 Å². The molecule has 3 aromatic rings. The van der Waals surface area contributed by atoms with Crippen molar-refractivity contribution in [3.63, 3.8) is 0 Å². The minimum Gasteiger partial charge on any atom is -0.336 e. The second-order valence-corrected chi connectivity index (χ2v) is 8.98. The van der Waals surface area contributed by atoms with Gasteiger partial charge in [-0.2, -0.15) is 0 Å². The predicted molar refractivity (Wildman–Crippen MR) is 128 cm³/mol. The number of piperazine rings is 1. The summed E-state index contributed by atoms with van der Waals surface area (Å²) in [7, 11) is 0. The smallest absolute Gasteiger partial charge is 0.253 e. The SMILES string of the molecule is O=C(c1ccc(CN2CCc3ccccc3C2)cc1)N1CCN(Cc2ccccc2)CC1. The molecule has 0 N–H and O–H groups in total. The maximum atomic E-state index is 13.0. The quantitative estimate of drug-likeness (QED) is 0.613. The molecule has 0 atom stereocenters. The molecule has 2 heterocycles. The largest absolute Gasteiger partial charge is 0.336 e. The highest BCUT2D eigenvalue weighted by atomic mass is 16.2. The standard InChI is InChI=1S/C28H31N3O/c32-28(31-18-16-29(17-19-31)20-23-6-2-1-3-7-23)26-12-10-24(11-13-26)21-30-15-14-25-8-4-5-9-27(25)22-30/h1-13H,14-22H2. The molecule has 1 saturated heterocycles. The van der Waals surface area contributed by atoms with Gasteiger partial charge in [0.05, 0.1) is 0 Å². The van der Waals surface area contributed by atoms with Crippen molar-refractivity contribution in [3.8, 4) is 0 Å². The summed E-state index contributed by atoms with van der Waals surface area (Å²) in [6.07, 6.45) is 1.11. The molecular weight excluding hydrogens is 394 g/mol. The van der Waals surface area contributed by atoms with Gasteiger partial charge in [-0.3, -0.25) is 14.6 Å². The number of fused-ring (bicyclic) bond motifs is 1. The first-order valence-corrected chi connectivity index (χ1v) is 11.7. The van der Waals surface area contributed by atoms with Crippen LogP contribution in [-0.4, -0.2) is 53.3 Å². The van der Waals surface area contributed by atoms with Gasteiger partial charge in [0, 0.05) is 57.9 Å². The lowest BCUT2D eigenvalue weighted by Crippen LogP contribution is -2.48. The maximum absolute atomic E-state index is 13.0. The summed E-state index contributed by atoms with van der Waals surface area (Å²) in [5.74, 6) is 0.155. The highest BCUT2D eigenvalue weighted by Gasteiger charge is 2.22. The average Bonchev–Trinajstić information content (AvgIpc) is 2.85. The molecule has 2 aliphatic heterocycles. The normalized spacial score (nSPS) is 17.2. The van der Waals surface area contributed by atoms with Crippen LogP contribution in [0.3, 0.4) is 0 Å². The Bertz CT molecular complexity index is 1040. The number of rotatable bonds is 5. The molecule has 0 unspecified atom stereocenters. The van der Waals surface area contributed by atoms with Crippen LogP contribution < -0.4 is 0 Å². The lowest BCUT2D eigenvalue weighted by Gasteiger charge is -2.34. The summed E-state index contributed by atoms with van der Waals surface area (Å²) < 4.78 is 0. The molecule has 0 aromatic heterocycles. The molecule has 5 rings (SSSR count). The Morgan fingerprint density at radius 2 is 1.25 bits per heavy atom. The fourth-order valence-electron chi connectivity index (χ4n) is 4.83. The molecule has 4 heteroatoms. The molecule has 32 heavy (non-hydrogen) atoms. The summed E-state index contributed by atoms with van der Waals surface area (Å²) in [5.41, 5.74) is 6.33. The number of hydrogen-bond donors (Lipinski definition) is 0. The van der Waals surface area contributed by atoms with E-state index in [0.717, 1.165) is 64.3 Å². The molecule has 0 bridgehead atoms. The average molecular weight is 426 g/mol. The van der Waals surface area contributed by atoms with Gasteiger partial charge in [0.2, 0.25) is 0 Å². The van der Waals surface area contributed by atoms with Crippen molar-refractivity contribution in [2.24, 2.45) is 0 Å². The van der Waals surface area contributed by atoms with Crippen molar-refractivity contribution in [2.75, 3.05) is 32.7 Å².